The number of aliphatic hydroxyl groups is 4. The number of nitrogens with one attached hydrogen (secondary N) is 2. The molecule has 6 N–H and O–H groups in total. The lowest BCUT2D eigenvalue weighted by molar-refractivity contribution is -0.255. The third-order valence-electron chi connectivity index (χ3n) is 2.21. The van der Waals surface area contributed by atoms with Crippen molar-refractivity contribution in [1.29, 1.82) is 0 Å². The number of hydrogen-bond acceptors (Lipinski definition) is 7. The average Bonchev–Trinajstić information content (AvgIpc) is 2.18. The molecule has 1 fully saturated rings. The van der Waals surface area contributed by atoms with Crippen molar-refractivity contribution >= 4 is 0 Å². The van der Waals surface area contributed by atoms with Gasteiger partial charge in [0, 0.05) is 0 Å². The molecule has 14 heavy (non-hydrogen) atoms. The van der Waals surface area contributed by atoms with E-state index < -0.39 is 37.3 Å². The van der Waals surface area contributed by atoms with Crippen molar-refractivity contribution in [2.45, 2.75) is 30.6 Å². The van der Waals surface area contributed by atoms with Crippen molar-refractivity contribution in [1.82, 2.24) is 10.9 Å². The quantitative estimate of drug-likeness (QED) is 0.267. The summed E-state index contributed by atoms with van der Waals surface area (Å²) in [5, 5.41) is 37.1. The molecule has 1 aliphatic rings. The minimum atomic E-state index is -1.28. The zero-order valence-electron chi connectivity index (χ0n) is 7.79. The fourth-order valence-corrected chi connectivity index (χ4v) is 1.42. The van der Waals surface area contributed by atoms with Crippen LogP contribution in [0.5, 0.6) is 0 Å². The molecule has 1 saturated heterocycles. The van der Waals surface area contributed by atoms with E-state index in [2.05, 4.69) is 10.9 Å². The van der Waals surface area contributed by atoms with Crippen molar-refractivity contribution in [3.63, 3.8) is 0 Å². The second-order valence-corrected chi connectivity index (χ2v) is 3.15. The van der Waals surface area contributed by atoms with Gasteiger partial charge in [-0.2, -0.15) is 0 Å². The standard InChI is InChI=1S/C7H16N2O5/c1-8-9-4-6(12)5(11)3(2-10)14-7(4)13/h3-13H,2H2,1H3. The molecular weight excluding hydrogens is 192 g/mol. The Morgan fingerprint density at radius 2 is 1.86 bits per heavy atom. The van der Waals surface area contributed by atoms with Crippen LogP contribution in [0, 0.1) is 0 Å². The van der Waals surface area contributed by atoms with E-state index in [0.29, 0.717) is 0 Å². The first-order valence-corrected chi connectivity index (χ1v) is 4.34. The zero-order valence-corrected chi connectivity index (χ0v) is 7.79. The van der Waals surface area contributed by atoms with E-state index in [-0.39, 0.29) is 0 Å². The lowest BCUT2D eigenvalue weighted by Gasteiger charge is -2.40. The summed E-state index contributed by atoms with van der Waals surface area (Å²) in [7, 11) is 1.56. The number of hydrazine groups is 1. The van der Waals surface area contributed by atoms with Gasteiger partial charge in [-0.25, -0.2) is 5.43 Å². The van der Waals surface area contributed by atoms with Gasteiger partial charge in [-0.3, -0.25) is 5.43 Å². The molecule has 0 aromatic carbocycles. The second-order valence-electron chi connectivity index (χ2n) is 3.15. The highest BCUT2D eigenvalue weighted by atomic mass is 16.6. The lowest BCUT2D eigenvalue weighted by atomic mass is 9.98. The summed E-state index contributed by atoms with van der Waals surface area (Å²) in [4.78, 5) is 0. The van der Waals surface area contributed by atoms with E-state index >= 15 is 0 Å². The van der Waals surface area contributed by atoms with Crippen LogP contribution in [0.3, 0.4) is 0 Å². The first-order valence-electron chi connectivity index (χ1n) is 4.34. The number of aliphatic hydroxyl groups excluding tert-OH is 4. The first-order chi connectivity index (χ1) is 6.61. The predicted molar refractivity (Wildman–Crippen MR) is 46.0 cm³/mol. The molecule has 0 saturated carbocycles. The molecule has 0 bridgehead atoms. The van der Waals surface area contributed by atoms with E-state index in [1.807, 2.05) is 0 Å². The van der Waals surface area contributed by atoms with Gasteiger partial charge in [-0.1, -0.05) is 0 Å². The Hall–Kier alpha value is -0.280. The van der Waals surface area contributed by atoms with Gasteiger partial charge in [-0.05, 0) is 7.05 Å². The third-order valence-corrected chi connectivity index (χ3v) is 2.21. The summed E-state index contributed by atoms with van der Waals surface area (Å²) in [6.45, 7) is -0.457. The van der Waals surface area contributed by atoms with Crippen LogP contribution in [0.25, 0.3) is 0 Å². The summed E-state index contributed by atoms with van der Waals surface area (Å²) in [6.07, 6.45) is -4.68. The zero-order chi connectivity index (χ0) is 10.7. The van der Waals surface area contributed by atoms with Crippen LogP contribution < -0.4 is 10.9 Å². The van der Waals surface area contributed by atoms with E-state index in [4.69, 9.17) is 9.84 Å². The normalized spacial score (nSPS) is 43.9. The molecule has 1 heterocycles. The summed E-state index contributed by atoms with van der Waals surface area (Å²) >= 11 is 0. The Bertz CT molecular complexity index is 181. The van der Waals surface area contributed by atoms with Gasteiger partial charge >= 0.3 is 0 Å². The maximum absolute atomic E-state index is 9.54. The molecule has 0 aromatic heterocycles. The summed E-state index contributed by atoms with van der Waals surface area (Å²) < 4.78 is 4.88. The van der Waals surface area contributed by atoms with Crippen molar-refractivity contribution in [3.8, 4) is 0 Å². The summed E-state index contributed by atoms with van der Waals surface area (Å²) in [5.41, 5.74) is 5.07. The molecule has 0 radical (unpaired) electrons. The van der Waals surface area contributed by atoms with Gasteiger partial charge < -0.3 is 25.2 Å². The number of rotatable bonds is 3. The fourth-order valence-electron chi connectivity index (χ4n) is 1.42. The smallest absolute Gasteiger partial charge is 0.174 e. The monoisotopic (exact) mass is 208 g/mol. The topological polar surface area (TPSA) is 114 Å². The van der Waals surface area contributed by atoms with Gasteiger partial charge in [0.25, 0.3) is 0 Å². The number of hydrogen-bond donors (Lipinski definition) is 6. The molecule has 84 valence electrons. The molecule has 5 unspecified atom stereocenters. The Labute approximate surface area is 81.3 Å². The maximum atomic E-state index is 9.54. The van der Waals surface area contributed by atoms with Crippen LogP contribution in [0.15, 0.2) is 0 Å². The summed E-state index contributed by atoms with van der Waals surface area (Å²) in [6, 6.07) is -0.835. The van der Waals surface area contributed by atoms with Crippen LogP contribution in [-0.4, -0.2) is 64.7 Å². The van der Waals surface area contributed by atoms with E-state index in [1.165, 1.54) is 0 Å². The minimum Gasteiger partial charge on any atom is -0.394 e. The van der Waals surface area contributed by atoms with Gasteiger partial charge in [0.1, 0.15) is 24.4 Å². The fraction of sp³-hybridized carbons (Fsp3) is 1.00. The molecule has 1 rings (SSSR count). The van der Waals surface area contributed by atoms with Crippen molar-refractivity contribution in [2.75, 3.05) is 13.7 Å². The molecule has 1 aliphatic heterocycles. The molecule has 7 nitrogen and oxygen atoms in total. The number of ether oxygens (including phenoxy) is 1. The van der Waals surface area contributed by atoms with Gasteiger partial charge in [0.05, 0.1) is 6.61 Å². The molecule has 0 amide bonds. The highest BCUT2D eigenvalue weighted by molar-refractivity contribution is 4.91. The molecular formula is C7H16N2O5. The Morgan fingerprint density at radius 3 is 2.36 bits per heavy atom. The third kappa shape index (κ3) is 2.20. The van der Waals surface area contributed by atoms with Crippen molar-refractivity contribution < 1.29 is 25.2 Å². The van der Waals surface area contributed by atoms with E-state index in [1.54, 1.807) is 7.05 Å². The lowest BCUT2D eigenvalue weighted by Crippen LogP contribution is -2.65. The predicted octanol–water partition coefficient (Wildman–Crippen LogP) is -3.49. The maximum Gasteiger partial charge on any atom is 0.174 e. The van der Waals surface area contributed by atoms with Crippen molar-refractivity contribution in [2.24, 2.45) is 0 Å². The Kier molecular flexibility index (Phi) is 4.20. The Morgan fingerprint density at radius 1 is 1.21 bits per heavy atom. The molecule has 0 spiro atoms. The molecule has 0 aromatic rings. The summed E-state index contributed by atoms with van der Waals surface area (Å²) in [5.74, 6) is 0. The van der Waals surface area contributed by atoms with Gasteiger partial charge in [0.2, 0.25) is 0 Å². The first kappa shape index (κ1) is 11.8. The molecule has 5 atom stereocenters. The van der Waals surface area contributed by atoms with E-state index in [9.17, 15) is 15.3 Å². The second kappa shape index (κ2) is 4.99. The van der Waals surface area contributed by atoms with Gasteiger partial charge in [0.15, 0.2) is 6.29 Å². The Balaban J connectivity index is 2.63. The van der Waals surface area contributed by atoms with Crippen LogP contribution in [0.1, 0.15) is 0 Å². The molecule has 0 aliphatic carbocycles. The minimum absolute atomic E-state index is 0.457. The van der Waals surface area contributed by atoms with Crippen LogP contribution in [0.2, 0.25) is 0 Å². The highest BCUT2D eigenvalue weighted by Crippen LogP contribution is 2.18. The van der Waals surface area contributed by atoms with Crippen LogP contribution in [-0.2, 0) is 4.74 Å². The average molecular weight is 208 g/mol. The van der Waals surface area contributed by atoms with Crippen molar-refractivity contribution in [3.05, 3.63) is 0 Å². The highest BCUT2D eigenvalue weighted by Gasteiger charge is 2.43. The van der Waals surface area contributed by atoms with Crippen LogP contribution >= 0.6 is 0 Å². The molecule has 7 heteroatoms. The van der Waals surface area contributed by atoms with Crippen LogP contribution in [0.4, 0.5) is 0 Å². The largest absolute Gasteiger partial charge is 0.394 e. The van der Waals surface area contributed by atoms with E-state index in [0.717, 1.165) is 0 Å². The SMILES string of the molecule is CNNC1C(O)OC(CO)C(O)C1O. The van der Waals surface area contributed by atoms with Gasteiger partial charge in [-0.15, -0.1) is 0 Å².